The van der Waals surface area contributed by atoms with Gasteiger partial charge in [0.25, 0.3) is 0 Å². The Kier molecular flexibility index (Phi) is 12.0. The first-order valence-electron chi connectivity index (χ1n) is 11.0. The molecule has 0 bridgehead atoms. The van der Waals surface area contributed by atoms with Gasteiger partial charge in [-0.1, -0.05) is 55.4 Å². The summed E-state index contributed by atoms with van der Waals surface area (Å²) in [7, 11) is 0. The molecule has 0 radical (unpaired) electrons. The van der Waals surface area contributed by atoms with Crippen molar-refractivity contribution in [2.24, 2.45) is 22.7 Å². The molecule has 0 heterocycles. The van der Waals surface area contributed by atoms with Crippen LogP contribution in [0.5, 0.6) is 0 Å². The van der Waals surface area contributed by atoms with Crippen molar-refractivity contribution in [2.45, 2.75) is 113 Å². The smallest absolute Gasteiger partial charge is 0.306 e. The number of hydrogen-bond donors (Lipinski definition) is 0. The van der Waals surface area contributed by atoms with Gasteiger partial charge < -0.3 is 9.47 Å². The molecule has 0 fully saturated rings. The van der Waals surface area contributed by atoms with Crippen molar-refractivity contribution >= 4 is 11.9 Å². The molecule has 0 amide bonds. The van der Waals surface area contributed by atoms with Gasteiger partial charge in [0.2, 0.25) is 0 Å². The highest BCUT2D eigenvalue weighted by molar-refractivity contribution is 5.70. The summed E-state index contributed by atoms with van der Waals surface area (Å²) < 4.78 is 10.9. The molecule has 0 aromatic rings. The van der Waals surface area contributed by atoms with Gasteiger partial charge >= 0.3 is 11.9 Å². The quantitative estimate of drug-likeness (QED) is 0.276. The minimum atomic E-state index is -0.108. The van der Waals surface area contributed by atoms with Crippen molar-refractivity contribution in [2.75, 3.05) is 6.61 Å². The molecule has 4 nitrogen and oxygen atoms in total. The number of rotatable bonds is 12. The molecule has 0 aromatic heterocycles. The van der Waals surface area contributed by atoms with E-state index in [1.165, 1.54) is 0 Å². The zero-order valence-corrected chi connectivity index (χ0v) is 20.0. The molecule has 0 aliphatic heterocycles. The Morgan fingerprint density at radius 2 is 1.21 bits per heavy atom. The van der Waals surface area contributed by atoms with Crippen LogP contribution in [0.15, 0.2) is 0 Å². The molecule has 0 spiro atoms. The number of ether oxygens (including phenoxy) is 2. The molecule has 3 atom stereocenters. The number of carbonyl (C=O) groups is 2. The summed E-state index contributed by atoms with van der Waals surface area (Å²) in [6, 6.07) is 0. The van der Waals surface area contributed by atoms with Gasteiger partial charge in [0.05, 0.1) is 12.7 Å². The van der Waals surface area contributed by atoms with Crippen LogP contribution in [0.3, 0.4) is 0 Å². The highest BCUT2D eigenvalue weighted by atomic mass is 16.5. The standard InChI is InChI=1S/C24H46O4/c1-18(16-23(4,5)6)14-21(25)27-13-11-10-12-20(3)28-22(26)15-19(2)17-24(7,8)9/h18-20H,10-17H2,1-9H3. The summed E-state index contributed by atoms with van der Waals surface area (Å²) in [5.41, 5.74) is 0.463. The maximum atomic E-state index is 12.0. The Morgan fingerprint density at radius 3 is 1.68 bits per heavy atom. The Labute approximate surface area is 174 Å². The van der Waals surface area contributed by atoms with Crippen molar-refractivity contribution < 1.29 is 19.1 Å². The van der Waals surface area contributed by atoms with Crippen molar-refractivity contribution in [3.63, 3.8) is 0 Å². The first-order chi connectivity index (χ1) is 12.7. The van der Waals surface area contributed by atoms with Crippen molar-refractivity contribution in [1.29, 1.82) is 0 Å². The highest BCUT2D eigenvalue weighted by Crippen LogP contribution is 2.27. The molecule has 0 aliphatic rings. The molecule has 0 saturated heterocycles. The Hall–Kier alpha value is -1.06. The summed E-state index contributed by atoms with van der Waals surface area (Å²) in [6.07, 6.45) is 5.40. The Morgan fingerprint density at radius 1 is 0.750 bits per heavy atom. The SMILES string of the molecule is CC(CC(=O)OCCCCC(C)OC(=O)CC(C)CC(C)(C)C)CC(C)(C)C. The van der Waals surface area contributed by atoms with Crippen molar-refractivity contribution in [1.82, 2.24) is 0 Å². The normalized spacial score (nSPS) is 15.6. The fraction of sp³-hybridized carbons (Fsp3) is 0.917. The van der Waals surface area contributed by atoms with Crippen molar-refractivity contribution in [3.8, 4) is 0 Å². The van der Waals surface area contributed by atoms with E-state index in [9.17, 15) is 9.59 Å². The molecule has 3 unspecified atom stereocenters. The molecule has 0 rings (SSSR count). The lowest BCUT2D eigenvalue weighted by atomic mass is 9.84. The van der Waals surface area contributed by atoms with Gasteiger partial charge in [-0.25, -0.2) is 0 Å². The van der Waals surface area contributed by atoms with Gasteiger partial charge in [0, 0.05) is 12.8 Å². The Balaban J connectivity index is 3.85. The van der Waals surface area contributed by atoms with Crippen LogP contribution in [0.1, 0.15) is 107 Å². The van der Waals surface area contributed by atoms with Gasteiger partial charge in [-0.3, -0.25) is 9.59 Å². The molecule has 0 saturated carbocycles. The third-order valence-electron chi connectivity index (χ3n) is 4.55. The molecular weight excluding hydrogens is 352 g/mol. The molecule has 0 N–H and O–H groups in total. The molecule has 4 heteroatoms. The van der Waals surface area contributed by atoms with E-state index in [1.54, 1.807) is 0 Å². The van der Waals surface area contributed by atoms with Crippen LogP contribution >= 0.6 is 0 Å². The molecule has 28 heavy (non-hydrogen) atoms. The molecule has 166 valence electrons. The lowest BCUT2D eigenvalue weighted by Crippen LogP contribution is -2.19. The van der Waals surface area contributed by atoms with Gasteiger partial charge in [-0.2, -0.15) is 0 Å². The summed E-state index contributed by atoms with van der Waals surface area (Å²) in [4.78, 5) is 23.9. The number of hydrogen-bond acceptors (Lipinski definition) is 4. The molecular formula is C24H46O4. The summed E-state index contributed by atoms with van der Waals surface area (Å²) >= 11 is 0. The average Bonchev–Trinajstić information content (AvgIpc) is 2.41. The molecule has 0 aliphatic carbocycles. The summed E-state index contributed by atoms with van der Waals surface area (Å²) in [5, 5.41) is 0. The minimum absolute atomic E-state index is 0.0863. The van der Waals surface area contributed by atoms with E-state index in [4.69, 9.17) is 9.47 Å². The van der Waals surface area contributed by atoms with E-state index in [1.807, 2.05) is 6.92 Å². The van der Waals surface area contributed by atoms with Gasteiger partial charge in [-0.15, -0.1) is 0 Å². The van der Waals surface area contributed by atoms with Crippen LogP contribution in [0, 0.1) is 22.7 Å². The van der Waals surface area contributed by atoms with Gasteiger partial charge in [-0.05, 0) is 61.7 Å². The summed E-state index contributed by atoms with van der Waals surface area (Å²) in [6.45, 7) is 19.7. The third-order valence-corrected chi connectivity index (χ3v) is 4.55. The Bertz CT molecular complexity index is 456. The predicted molar refractivity (Wildman–Crippen MR) is 116 cm³/mol. The number of carbonyl (C=O) groups excluding carboxylic acids is 2. The highest BCUT2D eigenvalue weighted by Gasteiger charge is 2.20. The largest absolute Gasteiger partial charge is 0.466 e. The van der Waals surface area contributed by atoms with Crippen LogP contribution in [-0.4, -0.2) is 24.6 Å². The lowest BCUT2D eigenvalue weighted by molar-refractivity contribution is -0.149. The van der Waals surface area contributed by atoms with Crippen LogP contribution < -0.4 is 0 Å². The number of unbranched alkanes of at least 4 members (excludes halogenated alkanes) is 1. The van der Waals surface area contributed by atoms with E-state index in [2.05, 4.69) is 55.4 Å². The van der Waals surface area contributed by atoms with Crippen LogP contribution in [0.25, 0.3) is 0 Å². The monoisotopic (exact) mass is 398 g/mol. The van der Waals surface area contributed by atoms with Crippen molar-refractivity contribution in [3.05, 3.63) is 0 Å². The first-order valence-corrected chi connectivity index (χ1v) is 11.0. The maximum absolute atomic E-state index is 12.0. The second-order valence-electron chi connectivity index (χ2n) is 11.2. The number of esters is 2. The fourth-order valence-corrected chi connectivity index (χ4v) is 3.91. The lowest BCUT2D eigenvalue weighted by Gasteiger charge is -2.23. The second-order valence-corrected chi connectivity index (χ2v) is 11.2. The van der Waals surface area contributed by atoms with E-state index in [-0.39, 0.29) is 28.9 Å². The van der Waals surface area contributed by atoms with Crippen LogP contribution in [0.2, 0.25) is 0 Å². The predicted octanol–water partition coefficient (Wildman–Crippen LogP) is 6.56. The fourth-order valence-electron chi connectivity index (χ4n) is 3.91. The van der Waals surface area contributed by atoms with E-state index in [0.717, 1.165) is 32.1 Å². The van der Waals surface area contributed by atoms with Gasteiger partial charge in [0.1, 0.15) is 0 Å². The zero-order chi connectivity index (χ0) is 22.0. The zero-order valence-electron chi connectivity index (χ0n) is 20.0. The van der Waals surface area contributed by atoms with E-state index >= 15 is 0 Å². The van der Waals surface area contributed by atoms with Crippen LogP contribution in [0.4, 0.5) is 0 Å². The molecule has 0 aromatic carbocycles. The average molecular weight is 399 g/mol. The van der Waals surface area contributed by atoms with E-state index < -0.39 is 0 Å². The second kappa shape index (κ2) is 12.5. The van der Waals surface area contributed by atoms with Gasteiger partial charge in [0.15, 0.2) is 0 Å². The van der Waals surface area contributed by atoms with E-state index in [0.29, 0.717) is 31.3 Å². The van der Waals surface area contributed by atoms with Crippen LogP contribution in [-0.2, 0) is 19.1 Å². The third kappa shape index (κ3) is 17.1. The minimum Gasteiger partial charge on any atom is -0.466 e. The first kappa shape index (κ1) is 26.9. The summed E-state index contributed by atoms with van der Waals surface area (Å²) in [5.74, 6) is 0.458. The topological polar surface area (TPSA) is 52.6 Å². The maximum Gasteiger partial charge on any atom is 0.306 e.